The molecule has 0 fully saturated rings. The van der Waals surface area contributed by atoms with E-state index in [0.29, 0.717) is 28.4 Å². The molecule has 3 heterocycles. The molecule has 0 radical (unpaired) electrons. The fourth-order valence-corrected chi connectivity index (χ4v) is 3.63. The molecule has 27 heavy (non-hydrogen) atoms. The maximum atomic E-state index is 13.8. The molecule has 8 heteroatoms. The van der Waals surface area contributed by atoms with Gasteiger partial charge in [-0.3, -0.25) is 4.98 Å². The predicted octanol–water partition coefficient (Wildman–Crippen LogP) is 4.44. The van der Waals surface area contributed by atoms with Gasteiger partial charge in [0.25, 0.3) is 5.22 Å². The fourth-order valence-electron chi connectivity index (χ4n) is 2.89. The van der Waals surface area contributed by atoms with E-state index in [0.717, 1.165) is 22.0 Å². The van der Waals surface area contributed by atoms with Gasteiger partial charge in [0.05, 0.1) is 5.52 Å². The number of benzene rings is 2. The van der Waals surface area contributed by atoms with E-state index in [1.54, 1.807) is 24.4 Å². The van der Waals surface area contributed by atoms with Gasteiger partial charge < -0.3 is 13.9 Å². The number of aromatic nitrogens is 3. The third-order valence-corrected chi connectivity index (χ3v) is 4.99. The van der Waals surface area contributed by atoms with E-state index < -0.39 is 0 Å². The first-order valence-electron chi connectivity index (χ1n) is 8.16. The van der Waals surface area contributed by atoms with E-state index in [4.69, 9.17) is 13.9 Å². The zero-order chi connectivity index (χ0) is 18.2. The average Bonchev–Trinajstić information content (AvgIpc) is 3.34. The van der Waals surface area contributed by atoms with Crippen LogP contribution in [0.4, 0.5) is 4.39 Å². The summed E-state index contributed by atoms with van der Waals surface area (Å²) in [4.78, 5) is 4.35. The zero-order valence-electron chi connectivity index (χ0n) is 13.9. The van der Waals surface area contributed by atoms with Crippen LogP contribution in [0, 0.1) is 5.82 Å². The summed E-state index contributed by atoms with van der Waals surface area (Å²) in [7, 11) is 0. The summed E-state index contributed by atoms with van der Waals surface area (Å²) < 4.78 is 30.2. The van der Waals surface area contributed by atoms with E-state index in [1.807, 2.05) is 12.1 Å². The van der Waals surface area contributed by atoms with Gasteiger partial charge in [-0.25, -0.2) is 4.39 Å². The molecule has 0 saturated carbocycles. The maximum absolute atomic E-state index is 13.8. The molecule has 0 saturated heterocycles. The molecule has 0 atom stereocenters. The standard InChI is InChI=1S/C19H12FN3O3S/c20-14-6-11-2-1-5-21-17(11)13(7-14)9-27-19-23-22-18(26-19)12-3-4-15-16(8-12)25-10-24-15/h1-8H,9-10H2. The number of thioether (sulfide) groups is 1. The van der Waals surface area contributed by atoms with E-state index in [2.05, 4.69) is 15.2 Å². The lowest BCUT2D eigenvalue weighted by Crippen LogP contribution is -1.92. The highest BCUT2D eigenvalue weighted by Crippen LogP contribution is 2.36. The summed E-state index contributed by atoms with van der Waals surface area (Å²) in [6.45, 7) is 0.208. The van der Waals surface area contributed by atoms with Crippen molar-refractivity contribution in [3.05, 3.63) is 60.0 Å². The monoisotopic (exact) mass is 381 g/mol. The third-order valence-electron chi connectivity index (χ3n) is 4.13. The van der Waals surface area contributed by atoms with Gasteiger partial charge in [-0.1, -0.05) is 17.8 Å². The minimum absolute atomic E-state index is 0.208. The van der Waals surface area contributed by atoms with Crippen molar-refractivity contribution in [2.75, 3.05) is 6.79 Å². The summed E-state index contributed by atoms with van der Waals surface area (Å²) >= 11 is 1.34. The van der Waals surface area contributed by atoms with Gasteiger partial charge in [0, 0.05) is 22.9 Å². The molecule has 6 nitrogen and oxygen atoms in total. The highest BCUT2D eigenvalue weighted by atomic mass is 32.2. The van der Waals surface area contributed by atoms with Crippen LogP contribution in [0.3, 0.4) is 0 Å². The Hall–Kier alpha value is -3.13. The first-order chi connectivity index (χ1) is 13.3. The smallest absolute Gasteiger partial charge is 0.277 e. The molecule has 2 aromatic heterocycles. The van der Waals surface area contributed by atoms with Crippen molar-refractivity contribution in [2.24, 2.45) is 0 Å². The van der Waals surface area contributed by atoms with Gasteiger partial charge in [0.1, 0.15) is 5.82 Å². The second kappa shape index (κ2) is 6.55. The Kier molecular flexibility index (Phi) is 3.90. The van der Waals surface area contributed by atoms with Crippen LogP contribution in [0.5, 0.6) is 11.5 Å². The van der Waals surface area contributed by atoms with E-state index in [-0.39, 0.29) is 12.6 Å². The van der Waals surface area contributed by atoms with Crippen LogP contribution in [0.2, 0.25) is 0 Å². The Labute approximate surface area is 157 Å². The normalized spacial score (nSPS) is 12.6. The number of rotatable bonds is 4. The van der Waals surface area contributed by atoms with Gasteiger partial charge in [0.15, 0.2) is 11.5 Å². The molecule has 0 amide bonds. The summed E-state index contributed by atoms with van der Waals surface area (Å²) in [5.74, 6) is 1.90. The number of ether oxygens (including phenoxy) is 2. The second-order valence-electron chi connectivity index (χ2n) is 5.87. The van der Waals surface area contributed by atoms with Crippen LogP contribution in [0.15, 0.2) is 58.3 Å². The maximum Gasteiger partial charge on any atom is 0.277 e. The second-order valence-corrected chi connectivity index (χ2v) is 6.80. The van der Waals surface area contributed by atoms with Crippen molar-refractivity contribution in [1.29, 1.82) is 0 Å². The van der Waals surface area contributed by atoms with Crippen molar-refractivity contribution in [3.63, 3.8) is 0 Å². The van der Waals surface area contributed by atoms with Crippen molar-refractivity contribution in [2.45, 2.75) is 11.0 Å². The van der Waals surface area contributed by atoms with Crippen LogP contribution in [-0.2, 0) is 5.75 Å². The predicted molar refractivity (Wildman–Crippen MR) is 97.1 cm³/mol. The topological polar surface area (TPSA) is 70.3 Å². The van der Waals surface area contributed by atoms with Crippen LogP contribution in [0.25, 0.3) is 22.4 Å². The number of pyridine rings is 1. The molecular weight excluding hydrogens is 369 g/mol. The summed E-state index contributed by atoms with van der Waals surface area (Å²) in [6.07, 6.45) is 1.69. The van der Waals surface area contributed by atoms with Crippen LogP contribution in [0.1, 0.15) is 5.56 Å². The van der Waals surface area contributed by atoms with E-state index >= 15 is 0 Å². The molecule has 0 aliphatic carbocycles. The number of nitrogens with zero attached hydrogens (tertiary/aromatic N) is 3. The van der Waals surface area contributed by atoms with Crippen LogP contribution < -0.4 is 9.47 Å². The van der Waals surface area contributed by atoms with Crippen molar-refractivity contribution in [1.82, 2.24) is 15.2 Å². The number of fused-ring (bicyclic) bond motifs is 2. The van der Waals surface area contributed by atoms with Gasteiger partial charge in [-0.15, -0.1) is 10.2 Å². The summed E-state index contributed by atoms with van der Waals surface area (Å²) in [5.41, 5.74) is 2.29. The molecule has 4 aromatic rings. The van der Waals surface area contributed by atoms with Gasteiger partial charge in [-0.05, 0) is 42.0 Å². The fraction of sp³-hybridized carbons (Fsp3) is 0.105. The molecule has 5 rings (SSSR count). The van der Waals surface area contributed by atoms with Gasteiger partial charge in [0.2, 0.25) is 12.7 Å². The Balaban J connectivity index is 1.37. The first kappa shape index (κ1) is 16.1. The van der Waals surface area contributed by atoms with Crippen LogP contribution in [-0.4, -0.2) is 22.0 Å². The Morgan fingerprint density at radius 3 is 2.93 bits per heavy atom. The summed E-state index contributed by atoms with van der Waals surface area (Å²) in [5, 5.41) is 9.31. The average molecular weight is 381 g/mol. The quantitative estimate of drug-likeness (QED) is 0.484. The van der Waals surface area contributed by atoms with Gasteiger partial charge in [-0.2, -0.15) is 0 Å². The lowest BCUT2D eigenvalue weighted by Gasteiger charge is -2.04. The Morgan fingerprint density at radius 1 is 1.04 bits per heavy atom. The highest BCUT2D eigenvalue weighted by Gasteiger charge is 2.17. The molecule has 0 N–H and O–H groups in total. The molecule has 0 bridgehead atoms. The van der Waals surface area contributed by atoms with Crippen molar-refractivity contribution < 1.29 is 18.3 Å². The number of hydrogen-bond donors (Lipinski definition) is 0. The first-order valence-corrected chi connectivity index (χ1v) is 9.14. The molecule has 0 spiro atoms. The molecular formula is C19H12FN3O3S. The van der Waals surface area contributed by atoms with Gasteiger partial charge >= 0.3 is 0 Å². The lowest BCUT2D eigenvalue weighted by atomic mass is 10.1. The molecule has 134 valence electrons. The SMILES string of the molecule is Fc1cc(CSc2nnc(-c3ccc4c(c3)OCO4)o2)c2ncccc2c1. The Morgan fingerprint density at radius 2 is 1.96 bits per heavy atom. The largest absolute Gasteiger partial charge is 0.454 e. The minimum Gasteiger partial charge on any atom is -0.454 e. The van der Waals surface area contributed by atoms with Crippen molar-refractivity contribution >= 4 is 22.7 Å². The Bertz CT molecular complexity index is 1150. The molecule has 1 aliphatic heterocycles. The van der Waals surface area contributed by atoms with Crippen molar-refractivity contribution in [3.8, 4) is 23.0 Å². The summed E-state index contributed by atoms with van der Waals surface area (Å²) in [6, 6.07) is 12.0. The lowest BCUT2D eigenvalue weighted by molar-refractivity contribution is 0.174. The highest BCUT2D eigenvalue weighted by molar-refractivity contribution is 7.98. The number of hydrogen-bond acceptors (Lipinski definition) is 7. The third kappa shape index (κ3) is 3.08. The molecule has 0 unspecified atom stereocenters. The number of halogens is 1. The molecule has 2 aromatic carbocycles. The van der Waals surface area contributed by atoms with E-state index in [1.165, 1.54) is 23.9 Å². The molecule has 1 aliphatic rings. The van der Waals surface area contributed by atoms with E-state index in [9.17, 15) is 4.39 Å². The van der Waals surface area contributed by atoms with Crippen LogP contribution >= 0.6 is 11.8 Å². The minimum atomic E-state index is -0.294. The zero-order valence-corrected chi connectivity index (χ0v) is 14.7.